The fourth-order valence-electron chi connectivity index (χ4n) is 7.49. The van der Waals surface area contributed by atoms with Gasteiger partial charge in [-0.1, -0.05) is 18.2 Å². The Kier molecular flexibility index (Phi) is 5.51. The molecule has 1 saturated heterocycles. The number of methoxy groups -OCH3 is 1. The predicted molar refractivity (Wildman–Crippen MR) is 131 cm³/mol. The van der Waals surface area contributed by atoms with Crippen LogP contribution in [0, 0.1) is 17.8 Å². The number of hydrogen-bond acceptors (Lipinski definition) is 5. The number of benzene rings is 1. The van der Waals surface area contributed by atoms with Crippen molar-refractivity contribution >= 4 is 11.7 Å². The minimum absolute atomic E-state index is 0.0700. The minimum atomic E-state index is -0.478. The molecule has 4 saturated carbocycles. The molecule has 180 valence electrons. The van der Waals surface area contributed by atoms with Gasteiger partial charge in [0.15, 0.2) is 0 Å². The first-order valence-corrected chi connectivity index (χ1v) is 12.9. The maximum atomic E-state index is 13.2. The van der Waals surface area contributed by atoms with Crippen LogP contribution in [-0.2, 0) is 0 Å². The third-order valence-electron chi connectivity index (χ3n) is 8.91. The average Bonchev–Trinajstić information content (AvgIpc) is 2.85. The summed E-state index contributed by atoms with van der Waals surface area (Å²) >= 11 is 0. The first kappa shape index (κ1) is 21.9. The Bertz CT molecular complexity index is 1030. The molecule has 2 N–H and O–H groups in total. The van der Waals surface area contributed by atoms with Gasteiger partial charge in [0, 0.05) is 19.1 Å². The number of aromatic nitrogens is 1. The highest BCUT2D eigenvalue weighted by atomic mass is 16.5. The summed E-state index contributed by atoms with van der Waals surface area (Å²) in [5.41, 5.74) is 1.39. The molecule has 6 heteroatoms. The van der Waals surface area contributed by atoms with Gasteiger partial charge in [-0.05, 0) is 98.4 Å². The van der Waals surface area contributed by atoms with E-state index in [1.54, 1.807) is 7.11 Å². The second-order valence-corrected chi connectivity index (χ2v) is 11.1. The van der Waals surface area contributed by atoms with Gasteiger partial charge in [0.05, 0.1) is 12.7 Å². The van der Waals surface area contributed by atoms with Crippen molar-refractivity contribution < 1.29 is 14.6 Å². The van der Waals surface area contributed by atoms with E-state index >= 15 is 0 Å². The second kappa shape index (κ2) is 8.56. The van der Waals surface area contributed by atoms with Crippen molar-refractivity contribution in [3.05, 3.63) is 53.7 Å². The molecule has 4 bridgehead atoms. The van der Waals surface area contributed by atoms with Crippen LogP contribution in [0.5, 0.6) is 5.75 Å². The molecule has 7 rings (SSSR count). The molecule has 5 fully saturated rings. The SMILES string of the molecule is COc1ccc(C2CCN(c3cccc(C(=O)N[C@H]4C5CC6CC4C[C@](O)(C6)C5)n3)CC2)cc1. The van der Waals surface area contributed by atoms with Gasteiger partial charge in [-0.25, -0.2) is 4.98 Å². The summed E-state index contributed by atoms with van der Waals surface area (Å²) in [5.74, 6) is 3.70. The summed E-state index contributed by atoms with van der Waals surface area (Å²) in [6.45, 7) is 1.86. The number of rotatable bonds is 5. The Labute approximate surface area is 201 Å². The molecule has 0 radical (unpaired) electrons. The predicted octanol–water partition coefficient (Wildman–Crippen LogP) is 4.14. The zero-order valence-electron chi connectivity index (χ0n) is 20.0. The fraction of sp³-hybridized carbons (Fsp3) is 0.571. The third-order valence-corrected chi connectivity index (χ3v) is 8.91. The van der Waals surface area contributed by atoms with Gasteiger partial charge < -0.3 is 20.1 Å². The number of aliphatic hydroxyl groups is 1. The highest BCUT2D eigenvalue weighted by Gasteiger charge is 2.55. The van der Waals surface area contributed by atoms with Crippen LogP contribution in [-0.4, -0.2) is 47.8 Å². The van der Waals surface area contributed by atoms with Gasteiger partial charge in [-0.3, -0.25) is 4.79 Å². The van der Waals surface area contributed by atoms with Crippen molar-refractivity contribution in [2.75, 3.05) is 25.1 Å². The van der Waals surface area contributed by atoms with Gasteiger partial charge in [-0.2, -0.15) is 0 Å². The van der Waals surface area contributed by atoms with Crippen LogP contribution in [0.2, 0.25) is 0 Å². The van der Waals surface area contributed by atoms with Crippen LogP contribution in [0.3, 0.4) is 0 Å². The van der Waals surface area contributed by atoms with E-state index in [0.717, 1.165) is 69.6 Å². The Morgan fingerprint density at radius 2 is 1.76 bits per heavy atom. The number of anilines is 1. The summed E-state index contributed by atoms with van der Waals surface area (Å²) in [7, 11) is 1.70. The number of hydrogen-bond donors (Lipinski definition) is 2. The zero-order chi connectivity index (χ0) is 23.3. The van der Waals surface area contributed by atoms with Crippen LogP contribution in [0.4, 0.5) is 5.82 Å². The Balaban J connectivity index is 1.09. The largest absolute Gasteiger partial charge is 0.497 e. The normalized spacial score (nSPS) is 32.6. The molecule has 5 aliphatic rings. The number of pyridine rings is 1. The van der Waals surface area contributed by atoms with Crippen molar-refractivity contribution in [3.8, 4) is 5.75 Å². The Hall–Kier alpha value is -2.60. The molecular formula is C28H35N3O3. The average molecular weight is 462 g/mol. The number of piperidine rings is 1. The summed E-state index contributed by atoms with van der Waals surface area (Å²) in [6, 6.07) is 14.4. The van der Waals surface area contributed by atoms with Gasteiger partial charge in [0.2, 0.25) is 0 Å². The first-order valence-electron chi connectivity index (χ1n) is 12.9. The Morgan fingerprint density at radius 3 is 2.41 bits per heavy atom. The molecule has 4 aliphatic carbocycles. The van der Waals surface area contributed by atoms with Crippen LogP contribution in [0.25, 0.3) is 0 Å². The van der Waals surface area contributed by atoms with Crippen molar-refractivity contribution in [2.45, 2.75) is 62.5 Å². The number of nitrogens with zero attached hydrogens (tertiary/aromatic N) is 2. The summed E-state index contributed by atoms with van der Waals surface area (Å²) < 4.78 is 5.28. The molecule has 2 heterocycles. The standard InChI is InChI=1S/C28H35N3O3/c1-34-23-7-5-19(6-8-23)20-9-11-31(12-10-20)25-4-2-3-24(29-25)27(32)30-26-21-13-18-14-22(26)17-28(33,15-18)16-21/h2-8,18,20-22,26,33H,9-17H2,1H3,(H,30,32)/t18?,21?,22?,26-,28-. The first-order chi connectivity index (χ1) is 16.5. The van der Waals surface area contributed by atoms with E-state index in [1.165, 1.54) is 5.56 Å². The van der Waals surface area contributed by atoms with E-state index in [0.29, 0.717) is 29.4 Å². The van der Waals surface area contributed by atoms with Crippen LogP contribution in [0.1, 0.15) is 66.9 Å². The van der Waals surface area contributed by atoms with Gasteiger partial charge in [0.25, 0.3) is 5.91 Å². The number of amides is 1. The monoisotopic (exact) mass is 461 g/mol. The van der Waals surface area contributed by atoms with E-state index in [4.69, 9.17) is 9.72 Å². The highest BCUT2D eigenvalue weighted by Crippen LogP contribution is 2.55. The number of nitrogens with one attached hydrogen (secondary N) is 1. The highest BCUT2D eigenvalue weighted by molar-refractivity contribution is 5.93. The maximum Gasteiger partial charge on any atom is 0.270 e. The van der Waals surface area contributed by atoms with Crippen LogP contribution < -0.4 is 15.0 Å². The lowest BCUT2D eigenvalue weighted by molar-refractivity contribution is -0.136. The van der Waals surface area contributed by atoms with Gasteiger partial charge in [0.1, 0.15) is 17.3 Å². The van der Waals surface area contributed by atoms with Gasteiger partial charge in [-0.15, -0.1) is 0 Å². The smallest absolute Gasteiger partial charge is 0.270 e. The zero-order valence-corrected chi connectivity index (χ0v) is 20.0. The van der Waals surface area contributed by atoms with Crippen molar-refractivity contribution in [1.29, 1.82) is 0 Å². The van der Waals surface area contributed by atoms with Crippen LogP contribution in [0.15, 0.2) is 42.5 Å². The lowest BCUT2D eigenvalue weighted by Gasteiger charge is -2.58. The van der Waals surface area contributed by atoms with E-state index in [2.05, 4.69) is 22.3 Å². The molecule has 0 spiro atoms. The third kappa shape index (κ3) is 4.06. The number of carbonyl (C=O) groups excluding carboxylic acids is 1. The molecular weight excluding hydrogens is 426 g/mol. The number of ether oxygens (including phenoxy) is 1. The summed E-state index contributed by atoms with van der Waals surface area (Å²) in [5, 5.41) is 14.2. The molecule has 2 unspecified atom stereocenters. The Morgan fingerprint density at radius 1 is 1.06 bits per heavy atom. The van der Waals surface area contributed by atoms with Crippen molar-refractivity contribution in [1.82, 2.24) is 10.3 Å². The molecule has 1 aliphatic heterocycles. The van der Waals surface area contributed by atoms with Crippen LogP contribution >= 0.6 is 0 Å². The van der Waals surface area contributed by atoms with E-state index < -0.39 is 5.60 Å². The summed E-state index contributed by atoms with van der Waals surface area (Å²) in [6.07, 6.45) is 7.04. The maximum absolute atomic E-state index is 13.2. The lowest BCUT2D eigenvalue weighted by Crippen LogP contribution is -2.61. The summed E-state index contributed by atoms with van der Waals surface area (Å²) in [4.78, 5) is 20.2. The van der Waals surface area contributed by atoms with Gasteiger partial charge >= 0.3 is 0 Å². The number of carbonyl (C=O) groups is 1. The van der Waals surface area contributed by atoms with E-state index in [-0.39, 0.29) is 11.9 Å². The van der Waals surface area contributed by atoms with Crippen molar-refractivity contribution in [3.63, 3.8) is 0 Å². The molecule has 1 aromatic carbocycles. The fourth-order valence-corrected chi connectivity index (χ4v) is 7.49. The molecule has 34 heavy (non-hydrogen) atoms. The minimum Gasteiger partial charge on any atom is -0.497 e. The molecule has 6 nitrogen and oxygen atoms in total. The lowest BCUT2D eigenvalue weighted by atomic mass is 9.52. The van der Waals surface area contributed by atoms with Crippen molar-refractivity contribution in [2.24, 2.45) is 17.8 Å². The quantitative estimate of drug-likeness (QED) is 0.700. The second-order valence-electron chi connectivity index (χ2n) is 11.1. The molecule has 1 amide bonds. The topological polar surface area (TPSA) is 74.7 Å². The molecule has 1 aromatic heterocycles. The van der Waals surface area contributed by atoms with E-state index in [1.807, 2.05) is 30.3 Å². The van der Waals surface area contributed by atoms with E-state index in [9.17, 15) is 9.90 Å². The molecule has 2 aromatic rings. The molecule has 2 atom stereocenters.